The molecule has 1 heterocycles. The molecular formula is C24H18Cl4N2O5. The highest BCUT2D eigenvalue weighted by atomic mass is 35.5. The maximum Gasteiger partial charge on any atom is 0.338 e. The van der Waals surface area contributed by atoms with E-state index >= 15 is 0 Å². The molecule has 2 aliphatic carbocycles. The monoisotopic (exact) mass is 554 g/mol. The number of ether oxygens (including phenoxy) is 1. The Kier molecular flexibility index (Phi) is 6.46. The average Bonchev–Trinajstić information content (AvgIpc) is 3.45. The number of carbonyl (C=O) groups is 4. The largest absolute Gasteiger partial charge is 0.452 e. The van der Waals surface area contributed by atoms with Crippen LogP contribution in [0.2, 0.25) is 10.0 Å². The van der Waals surface area contributed by atoms with E-state index in [0.717, 1.165) is 4.90 Å². The van der Waals surface area contributed by atoms with Crippen molar-refractivity contribution in [3.63, 3.8) is 0 Å². The van der Waals surface area contributed by atoms with E-state index in [9.17, 15) is 19.2 Å². The van der Waals surface area contributed by atoms with Crippen LogP contribution in [0.5, 0.6) is 0 Å². The Morgan fingerprint density at radius 3 is 2.26 bits per heavy atom. The van der Waals surface area contributed by atoms with E-state index in [1.807, 2.05) is 0 Å². The van der Waals surface area contributed by atoms with Gasteiger partial charge in [0.25, 0.3) is 5.91 Å². The Balaban J connectivity index is 1.27. The Hall–Kier alpha value is -2.32. The lowest BCUT2D eigenvalue weighted by molar-refractivity contribution is -0.123. The summed E-state index contributed by atoms with van der Waals surface area (Å²) in [6, 6.07) is 10.7. The van der Waals surface area contributed by atoms with Crippen LogP contribution in [0.3, 0.4) is 0 Å². The molecular weight excluding hydrogens is 538 g/mol. The normalized spacial score (nSPS) is 28.9. The predicted octanol–water partition coefficient (Wildman–Crippen LogP) is 4.76. The second kappa shape index (κ2) is 9.28. The quantitative estimate of drug-likeness (QED) is 0.326. The van der Waals surface area contributed by atoms with Crippen LogP contribution in [0, 0.1) is 23.7 Å². The van der Waals surface area contributed by atoms with Crippen LogP contribution in [0.25, 0.3) is 0 Å². The first kappa shape index (κ1) is 24.4. The number of benzene rings is 2. The van der Waals surface area contributed by atoms with Crippen LogP contribution in [-0.4, -0.2) is 41.1 Å². The maximum atomic E-state index is 13.2. The summed E-state index contributed by atoms with van der Waals surface area (Å²) >= 11 is 24.8. The van der Waals surface area contributed by atoms with E-state index in [4.69, 9.17) is 51.1 Å². The van der Waals surface area contributed by atoms with Gasteiger partial charge in [-0.3, -0.25) is 19.3 Å². The minimum absolute atomic E-state index is 0.0853. The van der Waals surface area contributed by atoms with Gasteiger partial charge in [0.15, 0.2) is 6.61 Å². The fraction of sp³-hybridized carbons (Fsp3) is 0.333. The predicted molar refractivity (Wildman–Crippen MR) is 132 cm³/mol. The van der Waals surface area contributed by atoms with Crippen LogP contribution in [0.4, 0.5) is 11.4 Å². The molecule has 1 N–H and O–H groups in total. The molecule has 3 fully saturated rings. The zero-order valence-electron chi connectivity index (χ0n) is 17.9. The Morgan fingerprint density at radius 2 is 1.60 bits per heavy atom. The highest BCUT2D eigenvalue weighted by Gasteiger charge is 2.66. The number of fused-ring (bicyclic) bond motifs is 5. The molecule has 2 aromatic rings. The summed E-state index contributed by atoms with van der Waals surface area (Å²) in [5.41, 5.74) is 0.629. The first-order valence-corrected chi connectivity index (χ1v) is 12.5. The van der Waals surface area contributed by atoms with Crippen LogP contribution in [-0.2, 0) is 19.1 Å². The van der Waals surface area contributed by atoms with Crippen LogP contribution < -0.4 is 10.2 Å². The van der Waals surface area contributed by atoms with E-state index in [2.05, 4.69) is 5.32 Å². The van der Waals surface area contributed by atoms with Gasteiger partial charge in [0, 0.05) is 0 Å². The molecule has 0 unspecified atom stereocenters. The van der Waals surface area contributed by atoms with Crippen LogP contribution >= 0.6 is 46.4 Å². The number of hydrogen-bond donors (Lipinski definition) is 1. The SMILES string of the molecule is O=C(COC(=O)c1cccc(N2C(=O)[C@@H]3[C@H]4C[C@@H]([C@@H](Cl)[C@H]4Cl)[C@H]3C2=O)c1)Nc1cccc(Cl)c1Cl. The fourth-order valence-electron chi connectivity index (χ4n) is 5.38. The number of nitrogens with zero attached hydrogens (tertiary/aromatic N) is 1. The Bertz CT molecular complexity index is 1220. The molecule has 0 spiro atoms. The number of halogens is 4. The molecule has 2 aromatic carbocycles. The van der Waals surface area contributed by atoms with Crippen LogP contribution in [0.1, 0.15) is 16.8 Å². The van der Waals surface area contributed by atoms with Gasteiger partial charge in [-0.2, -0.15) is 0 Å². The van der Waals surface area contributed by atoms with Gasteiger partial charge in [-0.05, 0) is 48.6 Å². The molecule has 182 valence electrons. The average molecular weight is 556 g/mol. The van der Waals surface area contributed by atoms with Gasteiger partial charge in [-0.25, -0.2) is 4.79 Å². The molecule has 5 rings (SSSR count). The lowest BCUT2D eigenvalue weighted by Gasteiger charge is -2.28. The Labute approximate surface area is 220 Å². The number of anilines is 2. The zero-order chi connectivity index (χ0) is 25.0. The molecule has 0 radical (unpaired) electrons. The smallest absolute Gasteiger partial charge is 0.338 e. The van der Waals surface area contributed by atoms with Gasteiger partial charge in [-0.15, -0.1) is 23.2 Å². The van der Waals surface area contributed by atoms with Gasteiger partial charge in [0.2, 0.25) is 11.8 Å². The number of alkyl halides is 2. The summed E-state index contributed by atoms with van der Waals surface area (Å²) in [6.45, 7) is -0.574. The second-order valence-corrected chi connectivity index (χ2v) is 10.6. The standard InChI is InChI=1S/C24H18Cl4N2O5/c25-14-5-2-6-15(21(14)28)29-16(31)9-35-24(34)10-3-1-4-11(7-10)30-22(32)17-12-8-13(18(17)23(30)33)20(27)19(12)26/h1-7,12-13,17-20H,8-9H2,(H,29,31)/t12-,13-,17-,18-,19-,20+/m1/s1. The number of nitrogens with one attached hydrogen (secondary N) is 1. The van der Waals surface area contributed by atoms with Gasteiger partial charge < -0.3 is 10.1 Å². The lowest BCUT2D eigenvalue weighted by atomic mass is 9.80. The molecule has 1 aliphatic heterocycles. The highest BCUT2D eigenvalue weighted by molar-refractivity contribution is 6.44. The third kappa shape index (κ3) is 4.08. The molecule has 3 aliphatic rings. The first-order valence-electron chi connectivity index (χ1n) is 10.9. The summed E-state index contributed by atoms with van der Waals surface area (Å²) < 4.78 is 5.10. The molecule has 6 atom stereocenters. The van der Waals surface area contributed by atoms with Crippen molar-refractivity contribution in [2.24, 2.45) is 23.7 Å². The van der Waals surface area contributed by atoms with Crippen molar-refractivity contribution in [3.05, 3.63) is 58.1 Å². The van der Waals surface area contributed by atoms with E-state index in [1.165, 1.54) is 18.2 Å². The van der Waals surface area contributed by atoms with Crippen molar-refractivity contribution in [2.75, 3.05) is 16.8 Å². The van der Waals surface area contributed by atoms with Gasteiger partial charge in [-0.1, -0.05) is 35.3 Å². The highest BCUT2D eigenvalue weighted by Crippen LogP contribution is 2.59. The third-order valence-electron chi connectivity index (χ3n) is 6.89. The van der Waals surface area contributed by atoms with Gasteiger partial charge in [0.1, 0.15) is 0 Å². The summed E-state index contributed by atoms with van der Waals surface area (Å²) in [7, 11) is 0. The molecule has 35 heavy (non-hydrogen) atoms. The third-order valence-corrected chi connectivity index (χ3v) is 9.03. The van der Waals surface area contributed by atoms with Crippen molar-refractivity contribution in [2.45, 2.75) is 17.2 Å². The van der Waals surface area contributed by atoms with Gasteiger partial charge in [0.05, 0.1) is 49.6 Å². The number of rotatable bonds is 5. The molecule has 2 saturated carbocycles. The van der Waals surface area contributed by atoms with Crippen LogP contribution in [0.15, 0.2) is 42.5 Å². The van der Waals surface area contributed by atoms with E-state index in [1.54, 1.807) is 24.3 Å². The summed E-state index contributed by atoms with van der Waals surface area (Å²) in [5.74, 6) is -3.34. The molecule has 3 amide bonds. The summed E-state index contributed by atoms with van der Waals surface area (Å²) in [6.07, 6.45) is 0.664. The number of imide groups is 1. The van der Waals surface area contributed by atoms with E-state index < -0.39 is 30.3 Å². The van der Waals surface area contributed by atoms with Gasteiger partial charge >= 0.3 is 5.97 Å². The number of carbonyl (C=O) groups excluding carboxylic acids is 4. The molecule has 1 saturated heterocycles. The van der Waals surface area contributed by atoms with Crippen molar-refractivity contribution < 1.29 is 23.9 Å². The number of hydrogen-bond acceptors (Lipinski definition) is 5. The second-order valence-electron chi connectivity index (χ2n) is 8.79. The zero-order valence-corrected chi connectivity index (χ0v) is 20.9. The number of amides is 3. The van der Waals surface area contributed by atoms with Crippen molar-refractivity contribution in [1.82, 2.24) is 0 Å². The number of esters is 1. The maximum absolute atomic E-state index is 13.2. The van der Waals surface area contributed by atoms with Crippen molar-refractivity contribution in [3.8, 4) is 0 Å². The van der Waals surface area contributed by atoms with Crippen molar-refractivity contribution >= 4 is 81.5 Å². The fourth-order valence-corrected chi connectivity index (χ4v) is 6.62. The lowest BCUT2D eigenvalue weighted by Crippen LogP contribution is -2.37. The van der Waals surface area contributed by atoms with Crippen molar-refractivity contribution in [1.29, 1.82) is 0 Å². The molecule has 11 heteroatoms. The van der Waals surface area contributed by atoms with E-state index in [0.29, 0.717) is 6.42 Å². The molecule has 2 bridgehead atoms. The Morgan fingerprint density at radius 1 is 0.971 bits per heavy atom. The summed E-state index contributed by atoms with van der Waals surface area (Å²) in [5, 5.41) is 2.25. The topological polar surface area (TPSA) is 92.8 Å². The first-order chi connectivity index (χ1) is 16.7. The molecule has 0 aromatic heterocycles. The minimum Gasteiger partial charge on any atom is -0.452 e. The minimum atomic E-state index is -0.791. The molecule has 7 nitrogen and oxygen atoms in total. The van der Waals surface area contributed by atoms with E-state index in [-0.39, 0.29) is 61.4 Å². The summed E-state index contributed by atoms with van der Waals surface area (Å²) in [4.78, 5) is 52.2.